The average Bonchev–Trinajstić information content (AvgIpc) is 2.86. The fraction of sp³-hybridized carbons (Fsp3) is 0.316. The number of benzene rings is 2. The molecule has 0 saturated carbocycles. The van der Waals surface area contributed by atoms with E-state index >= 15 is 0 Å². The van der Waals surface area contributed by atoms with Gasteiger partial charge < -0.3 is 15.1 Å². The van der Waals surface area contributed by atoms with E-state index in [9.17, 15) is 15.0 Å². The Kier molecular flexibility index (Phi) is 3.99. The molecule has 2 aromatic rings. The lowest BCUT2D eigenvalue weighted by Gasteiger charge is -2.26. The first-order valence-electron chi connectivity index (χ1n) is 7.89. The van der Waals surface area contributed by atoms with Crippen LogP contribution in [-0.4, -0.2) is 22.2 Å². The van der Waals surface area contributed by atoms with E-state index < -0.39 is 0 Å². The zero-order valence-electron chi connectivity index (χ0n) is 13.4. The Hall–Kier alpha value is -2.49. The minimum atomic E-state index is -0.201. The maximum atomic E-state index is 12.9. The SMILES string of the molecule is CC(Cc1ccc(O)c(O)c1)C(=O)N1c2ccccc2CC1C. The molecule has 0 aliphatic carbocycles. The van der Waals surface area contributed by atoms with Crippen LogP contribution in [0.1, 0.15) is 25.0 Å². The van der Waals surface area contributed by atoms with Gasteiger partial charge in [-0.25, -0.2) is 0 Å². The molecule has 0 saturated heterocycles. The van der Waals surface area contributed by atoms with Crippen molar-refractivity contribution >= 4 is 11.6 Å². The van der Waals surface area contributed by atoms with Crippen LogP contribution in [0.4, 0.5) is 5.69 Å². The van der Waals surface area contributed by atoms with Crippen LogP contribution in [0.15, 0.2) is 42.5 Å². The molecule has 0 spiro atoms. The first-order chi connectivity index (χ1) is 11.0. The van der Waals surface area contributed by atoms with Crippen molar-refractivity contribution in [3.8, 4) is 11.5 Å². The van der Waals surface area contributed by atoms with E-state index in [0.29, 0.717) is 6.42 Å². The van der Waals surface area contributed by atoms with Crippen molar-refractivity contribution in [1.29, 1.82) is 0 Å². The van der Waals surface area contributed by atoms with Crippen LogP contribution < -0.4 is 4.90 Å². The first-order valence-corrected chi connectivity index (χ1v) is 7.89. The van der Waals surface area contributed by atoms with Crippen molar-refractivity contribution in [2.45, 2.75) is 32.7 Å². The predicted octanol–water partition coefficient (Wildman–Crippen LogP) is 3.25. The third kappa shape index (κ3) is 2.89. The molecule has 2 unspecified atom stereocenters. The summed E-state index contributed by atoms with van der Waals surface area (Å²) in [5, 5.41) is 19.0. The van der Waals surface area contributed by atoms with Crippen LogP contribution in [0.25, 0.3) is 0 Å². The molecule has 0 aromatic heterocycles. The minimum Gasteiger partial charge on any atom is -0.504 e. The quantitative estimate of drug-likeness (QED) is 0.855. The van der Waals surface area contributed by atoms with Crippen LogP contribution in [0.5, 0.6) is 11.5 Å². The number of carbonyl (C=O) groups excluding carboxylic acids is 1. The van der Waals surface area contributed by atoms with Crippen LogP contribution in [0, 0.1) is 5.92 Å². The van der Waals surface area contributed by atoms with Crippen molar-refractivity contribution in [2.24, 2.45) is 5.92 Å². The Morgan fingerprint density at radius 1 is 1.22 bits per heavy atom. The summed E-state index contributed by atoms with van der Waals surface area (Å²) in [6, 6.07) is 12.9. The van der Waals surface area contributed by atoms with E-state index in [1.54, 1.807) is 6.07 Å². The number of hydrogen-bond acceptors (Lipinski definition) is 3. The molecule has 3 rings (SSSR count). The Bertz CT molecular complexity index is 741. The van der Waals surface area contributed by atoms with Gasteiger partial charge in [-0.3, -0.25) is 4.79 Å². The van der Waals surface area contributed by atoms with E-state index in [4.69, 9.17) is 0 Å². The largest absolute Gasteiger partial charge is 0.504 e. The van der Waals surface area contributed by atoms with E-state index in [2.05, 4.69) is 13.0 Å². The molecule has 23 heavy (non-hydrogen) atoms. The highest BCUT2D eigenvalue weighted by Gasteiger charge is 2.32. The lowest BCUT2D eigenvalue weighted by Crippen LogP contribution is -2.39. The number of phenols is 2. The van der Waals surface area contributed by atoms with Crippen molar-refractivity contribution in [2.75, 3.05) is 4.90 Å². The number of carbonyl (C=O) groups is 1. The number of rotatable bonds is 3. The van der Waals surface area contributed by atoms with Crippen molar-refractivity contribution in [1.82, 2.24) is 0 Å². The molecule has 1 aliphatic rings. The minimum absolute atomic E-state index is 0.0926. The van der Waals surface area contributed by atoms with Gasteiger partial charge in [-0.1, -0.05) is 31.2 Å². The van der Waals surface area contributed by atoms with Crippen molar-refractivity contribution in [3.63, 3.8) is 0 Å². The third-order valence-electron chi connectivity index (χ3n) is 4.45. The highest BCUT2D eigenvalue weighted by Crippen LogP contribution is 2.33. The normalized spacial score (nSPS) is 17.8. The second-order valence-corrected chi connectivity index (χ2v) is 6.32. The molecule has 2 atom stereocenters. The van der Waals surface area contributed by atoms with Gasteiger partial charge in [0.15, 0.2) is 11.5 Å². The molecular weight excluding hydrogens is 290 g/mol. The molecule has 2 N–H and O–H groups in total. The third-order valence-corrected chi connectivity index (χ3v) is 4.45. The molecule has 1 amide bonds. The Morgan fingerprint density at radius 3 is 2.70 bits per heavy atom. The monoisotopic (exact) mass is 311 g/mol. The summed E-state index contributed by atoms with van der Waals surface area (Å²) in [5.41, 5.74) is 3.05. The van der Waals surface area contributed by atoms with Gasteiger partial charge in [-0.2, -0.15) is 0 Å². The number of amides is 1. The molecule has 1 aliphatic heterocycles. The van der Waals surface area contributed by atoms with Crippen LogP contribution >= 0.6 is 0 Å². The number of para-hydroxylation sites is 1. The molecule has 1 heterocycles. The molecule has 4 heteroatoms. The topological polar surface area (TPSA) is 60.8 Å². The summed E-state index contributed by atoms with van der Waals surface area (Å²) in [5.74, 6) is -0.403. The summed E-state index contributed by atoms with van der Waals surface area (Å²) >= 11 is 0. The van der Waals surface area contributed by atoms with E-state index in [1.165, 1.54) is 17.7 Å². The van der Waals surface area contributed by atoms with Crippen molar-refractivity contribution in [3.05, 3.63) is 53.6 Å². The molecule has 0 bridgehead atoms. The first kappa shape index (κ1) is 15.4. The Balaban J connectivity index is 1.78. The van der Waals surface area contributed by atoms with Crippen LogP contribution in [-0.2, 0) is 17.6 Å². The average molecular weight is 311 g/mol. The van der Waals surface area contributed by atoms with Gasteiger partial charge in [-0.05, 0) is 49.1 Å². The molecule has 2 aromatic carbocycles. The highest BCUT2D eigenvalue weighted by molar-refractivity contribution is 5.97. The van der Waals surface area contributed by atoms with Gasteiger partial charge >= 0.3 is 0 Å². The van der Waals surface area contributed by atoms with Gasteiger partial charge in [0.25, 0.3) is 0 Å². The predicted molar refractivity (Wildman–Crippen MR) is 89.7 cm³/mol. The number of aromatic hydroxyl groups is 2. The lowest BCUT2D eigenvalue weighted by atomic mass is 9.99. The Labute approximate surface area is 136 Å². The van der Waals surface area contributed by atoms with Gasteiger partial charge in [0.1, 0.15) is 0 Å². The standard InChI is InChI=1S/C19H21NO3/c1-12(9-14-7-8-17(21)18(22)11-14)19(23)20-13(2)10-15-5-3-4-6-16(15)20/h3-8,11-13,21-22H,9-10H2,1-2H3. The number of hydrogen-bond donors (Lipinski definition) is 2. The smallest absolute Gasteiger partial charge is 0.230 e. The number of phenolic OH excluding ortho intramolecular Hbond substituents is 2. The summed E-state index contributed by atoms with van der Waals surface area (Å²) in [6.45, 7) is 3.97. The van der Waals surface area contributed by atoms with Crippen LogP contribution in [0.3, 0.4) is 0 Å². The second-order valence-electron chi connectivity index (χ2n) is 6.32. The molecule has 120 valence electrons. The van der Waals surface area contributed by atoms with Crippen LogP contribution in [0.2, 0.25) is 0 Å². The van der Waals surface area contributed by atoms with E-state index in [0.717, 1.165) is 17.7 Å². The summed E-state index contributed by atoms with van der Waals surface area (Å²) in [4.78, 5) is 14.8. The second kappa shape index (κ2) is 5.95. The zero-order valence-corrected chi connectivity index (χ0v) is 13.4. The summed E-state index contributed by atoms with van der Waals surface area (Å²) in [6.07, 6.45) is 1.41. The van der Waals surface area contributed by atoms with Gasteiger partial charge in [-0.15, -0.1) is 0 Å². The molecule has 0 radical (unpaired) electrons. The fourth-order valence-corrected chi connectivity index (χ4v) is 3.28. The van der Waals surface area contributed by atoms with E-state index in [-0.39, 0.29) is 29.4 Å². The number of anilines is 1. The molecular formula is C19H21NO3. The Morgan fingerprint density at radius 2 is 1.96 bits per heavy atom. The van der Waals surface area contributed by atoms with Gasteiger partial charge in [0.2, 0.25) is 5.91 Å². The molecule has 0 fully saturated rings. The number of nitrogens with zero attached hydrogens (tertiary/aromatic N) is 1. The van der Waals surface area contributed by atoms with Gasteiger partial charge in [0, 0.05) is 17.6 Å². The van der Waals surface area contributed by atoms with E-state index in [1.807, 2.05) is 30.0 Å². The maximum Gasteiger partial charge on any atom is 0.230 e. The lowest BCUT2D eigenvalue weighted by molar-refractivity contribution is -0.122. The number of fused-ring (bicyclic) bond motifs is 1. The zero-order chi connectivity index (χ0) is 16.6. The fourth-order valence-electron chi connectivity index (χ4n) is 3.28. The summed E-state index contributed by atoms with van der Waals surface area (Å²) < 4.78 is 0. The molecule has 4 nitrogen and oxygen atoms in total. The summed E-state index contributed by atoms with van der Waals surface area (Å²) in [7, 11) is 0. The highest BCUT2D eigenvalue weighted by atomic mass is 16.3. The van der Waals surface area contributed by atoms with Crippen molar-refractivity contribution < 1.29 is 15.0 Å². The maximum absolute atomic E-state index is 12.9. The van der Waals surface area contributed by atoms with Gasteiger partial charge in [0.05, 0.1) is 0 Å².